The molecule has 118 valence electrons. The SMILES string of the molecule is COc1cccc(CN(C)c2ccc3ccccc3[nH+]2)c1OC. The molecule has 23 heavy (non-hydrogen) atoms. The van der Waals surface area contributed by atoms with Crippen molar-refractivity contribution >= 4 is 16.7 Å². The molecule has 0 saturated heterocycles. The smallest absolute Gasteiger partial charge is 0.274 e. The summed E-state index contributed by atoms with van der Waals surface area (Å²) in [6.07, 6.45) is 0. The largest absolute Gasteiger partial charge is 0.493 e. The minimum Gasteiger partial charge on any atom is -0.493 e. The number of para-hydroxylation sites is 2. The summed E-state index contributed by atoms with van der Waals surface area (Å²) in [6.45, 7) is 0.717. The molecule has 0 aliphatic carbocycles. The number of hydrogen-bond donors (Lipinski definition) is 0. The van der Waals surface area contributed by atoms with E-state index in [2.05, 4.69) is 47.3 Å². The van der Waals surface area contributed by atoms with Gasteiger partial charge in [-0.05, 0) is 18.2 Å². The number of benzene rings is 2. The Morgan fingerprint density at radius 1 is 0.913 bits per heavy atom. The van der Waals surface area contributed by atoms with Gasteiger partial charge in [0.25, 0.3) is 5.82 Å². The number of ether oxygens (including phenoxy) is 2. The highest BCUT2D eigenvalue weighted by Gasteiger charge is 2.16. The van der Waals surface area contributed by atoms with Crippen LogP contribution >= 0.6 is 0 Å². The average Bonchev–Trinajstić information content (AvgIpc) is 2.60. The molecule has 0 aliphatic rings. The molecule has 0 saturated carbocycles. The molecule has 0 spiro atoms. The first kappa shape index (κ1) is 15.2. The van der Waals surface area contributed by atoms with Crippen LogP contribution in [-0.4, -0.2) is 21.3 Å². The van der Waals surface area contributed by atoms with Gasteiger partial charge in [-0.25, -0.2) is 4.98 Å². The summed E-state index contributed by atoms with van der Waals surface area (Å²) in [5.41, 5.74) is 2.20. The van der Waals surface area contributed by atoms with Gasteiger partial charge in [-0.15, -0.1) is 0 Å². The van der Waals surface area contributed by atoms with Crippen LogP contribution in [0.1, 0.15) is 5.56 Å². The Balaban J connectivity index is 1.90. The van der Waals surface area contributed by atoms with Crippen molar-refractivity contribution in [3.05, 3.63) is 60.2 Å². The number of nitrogens with zero attached hydrogens (tertiary/aromatic N) is 1. The van der Waals surface area contributed by atoms with Crippen LogP contribution in [0.25, 0.3) is 10.9 Å². The van der Waals surface area contributed by atoms with E-state index >= 15 is 0 Å². The first-order chi connectivity index (χ1) is 11.2. The third-order valence-electron chi connectivity index (χ3n) is 3.95. The van der Waals surface area contributed by atoms with E-state index < -0.39 is 0 Å². The fraction of sp³-hybridized carbons (Fsp3) is 0.211. The van der Waals surface area contributed by atoms with Crippen molar-refractivity contribution in [1.82, 2.24) is 0 Å². The zero-order chi connectivity index (χ0) is 16.2. The number of anilines is 1. The molecule has 0 radical (unpaired) electrons. The fourth-order valence-electron chi connectivity index (χ4n) is 2.75. The van der Waals surface area contributed by atoms with E-state index in [4.69, 9.17) is 9.47 Å². The van der Waals surface area contributed by atoms with E-state index in [0.29, 0.717) is 0 Å². The highest BCUT2D eigenvalue weighted by Crippen LogP contribution is 2.31. The Morgan fingerprint density at radius 2 is 1.74 bits per heavy atom. The van der Waals surface area contributed by atoms with Crippen molar-refractivity contribution in [1.29, 1.82) is 0 Å². The Labute approximate surface area is 136 Å². The van der Waals surface area contributed by atoms with Gasteiger partial charge in [0, 0.05) is 17.0 Å². The van der Waals surface area contributed by atoms with E-state index in [1.54, 1.807) is 14.2 Å². The summed E-state index contributed by atoms with van der Waals surface area (Å²) in [4.78, 5) is 5.62. The predicted octanol–water partition coefficient (Wildman–Crippen LogP) is 3.31. The maximum atomic E-state index is 5.51. The lowest BCUT2D eigenvalue weighted by molar-refractivity contribution is -0.330. The van der Waals surface area contributed by atoms with Crippen LogP contribution in [0.4, 0.5) is 5.82 Å². The molecule has 0 fully saturated rings. The van der Waals surface area contributed by atoms with Gasteiger partial charge >= 0.3 is 0 Å². The van der Waals surface area contributed by atoms with Gasteiger partial charge in [-0.3, -0.25) is 4.90 Å². The van der Waals surface area contributed by atoms with Crippen molar-refractivity contribution < 1.29 is 14.5 Å². The molecule has 0 bridgehead atoms. The monoisotopic (exact) mass is 309 g/mol. The highest BCUT2D eigenvalue weighted by molar-refractivity contribution is 5.76. The van der Waals surface area contributed by atoms with E-state index in [9.17, 15) is 0 Å². The summed E-state index contributed by atoms with van der Waals surface area (Å²) in [5, 5.41) is 1.20. The minimum atomic E-state index is 0.717. The highest BCUT2D eigenvalue weighted by atomic mass is 16.5. The topological polar surface area (TPSA) is 35.8 Å². The van der Waals surface area contributed by atoms with Gasteiger partial charge in [-0.1, -0.05) is 30.3 Å². The third-order valence-corrected chi connectivity index (χ3v) is 3.95. The molecule has 1 N–H and O–H groups in total. The van der Waals surface area contributed by atoms with Gasteiger partial charge in [-0.2, -0.15) is 0 Å². The molecular formula is C19H21N2O2+. The lowest BCUT2D eigenvalue weighted by Crippen LogP contribution is -2.24. The predicted molar refractivity (Wildman–Crippen MR) is 92.2 cm³/mol. The number of hydrogen-bond acceptors (Lipinski definition) is 3. The first-order valence-electron chi connectivity index (χ1n) is 7.55. The number of fused-ring (bicyclic) bond motifs is 1. The second-order valence-corrected chi connectivity index (χ2v) is 5.44. The maximum absolute atomic E-state index is 5.51. The number of methoxy groups -OCH3 is 2. The lowest BCUT2D eigenvalue weighted by Gasteiger charge is -2.16. The molecule has 1 heterocycles. The molecule has 0 unspecified atom stereocenters. The van der Waals surface area contributed by atoms with Crippen LogP contribution in [0.3, 0.4) is 0 Å². The van der Waals surface area contributed by atoms with E-state index in [1.807, 2.05) is 24.3 Å². The standard InChI is InChI=1S/C19H20N2O2/c1-21(13-15-8-6-10-17(22-2)19(15)23-3)18-12-11-14-7-4-5-9-16(14)20-18/h4-12H,13H2,1-3H3/p+1. The van der Waals surface area contributed by atoms with E-state index in [0.717, 1.165) is 34.9 Å². The number of aromatic nitrogens is 1. The second-order valence-electron chi connectivity index (χ2n) is 5.44. The van der Waals surface area contributed by atoms with Crippen LogP contribution in [0, 0.1) is 0 Å². The summed E-state index contributed by atoms with van der Waals surface area (Å²) in [7, 11) is 5.38. The molecule has 0 amide bonds. The van der Waals surface area contributed by atoms with Crippen molar-refractivity contribution in [2.75, 3.05) is 26.2 Å². The Kier molecular flexibility index (Phi) is 4.33. The quantitative estimate of drug-likeness (QED) is 0.725. The molecule has 0 aliphatic heterocycles. The molecular weight excluding hydrogens is 288 g/mol. The van der Waals surface area contributed by atoms with Gasteiger partial charge in [0.1, 0.15) is 12.1 Å². The number of pyridine rings is 1. The Bertz CT molecular complexity index is 817. The van der Waals surface area contributed by atoms with Crippen LogP contribution in [-0.2, 0) is 6.54 Å². The molecule has 2 aromatic carbocycles. The van der Waals surface area contributed by atoms with Crippen molar-refractivity contribution in [2.45, 2.75) is 6.54 Å². The Hall–Kier alpha value is -2.75. The second kappa shape index (κ2) is 6.57. The lowest BCUT2D eigenvalue weighted by atomic mass is 10.1. The van der Waals surface area contributed by atoms with Crippen molar-refractivity contribution in [2.24, 2.45) is 0 Å². The first-order valence-corrected chi connectivity index (χ1v) is 7.55. The molecule has 4 nitrogen and oxygen atoms in total. The zero-order valence-electron chi connectivity index (χ0n) is 13.7. The van der Waals surface area contributed by atoms with E-state index in [1.165, 1.54) is 5.39 Å². The van der Waals surface area contributed by atoms with Crippen molar-refractivity contribution in [3.8, 4) is 11.5 Å². The van der Waals surface area contributed by atoms with Gasteiger partial charge in [0.2, 0.25) is 0 Å². The number of nitrogens with one attached hydrogen (secondary N) is 1. The zero-order valence-corrected chi connectivity index (χ0v) is 13.7. The molecule has 4 heteroatoms. The maximum Gasteiger partial charge on any atom is 0.274 e. The third kappa shape index (κ3) is 3.06. The normalized spacial score (nSPS) is 10.6. The molecule has 1 aromatic heterocycles. The fourth-order valence-corrected chi connectivity index (χ4v) is 2.75. The number of rotatable bonds is 5. The summed E-state index contributed by atoms with van der Waals surface area (Å²) in [5.74, 6) is 2.58. The number of aromatic amines is 1. The van der Waals surface area contributed by atoms with Crippen LogP contribution in [0.2, 0.25) is 0 Å². The van der Waals surface area contributed by atoms with Gasteiger partial charge in [0.05, 0.1) is 21.3 Å². The van der Waals surface area contributed by atoms with Crippen LogP contribution in [0.15, 0.2) is 54.6 Å². The van der Waals surface area contributed by atoms with Crippen LogP contribution in [0.5, 0.6) is 11.5 Å². The number of H-pyrrole nitrogens is 1. The van der Waals surface area contributed by atoms with Crippen LogP contribution < -0.4 is 19.4 Å². The van der Waals surface area contributed by atoms with Gasteiger partial charge < -0.3 is 9.47 Å². The van der Waals surface area contributed by atoms with Crippen molar-refractivity contribution in [3.63, 3.8) is 0 Å². The summed E-state index contributed by atoms with van der Waals surface area (Å²) < 4.78 is 10.9. The molecule has 3 rings (SSSR count). The average molecular weight is 309 g/mol. The Morgan fingerprint density at radius 3 is 2.52 bits per heavy atom. The summed E-state index contributed by atoms with van der Waals surface area (Å²) >= 11 is 0. The molecule has 3 aromatic rings. The minimum absolute atomic E-state index is 0.717. The molecule has 0 atom stereocenters. The summed E-state index contributed by atoms with van der Waals surface area (Å²) in [6, 6.07) is 18.4. The van der Waals surface area contributed by atoms with E-state index in [-0.39, 0.29) is 0 Å². The van der Waals surface area contributed by atoms with Gasteiger partial charge in [0.15, 0.2) is 11.5 Å².